The number of likely N-dealkylation sites (N-methyl/N-ethyl adjacent to an activating group) is 1. The van der Waals surface area contributed by atoms with E-state index >= 15 is 4.79 Å². The molecule has 7 aliphatic heterocycles. The van der Waals surface area contributed by atoms with Crippen LogP contribution in [0.15, 0.2) is 43.5 Å². The number of rotatable bonds is 9. The highest BCUT2D eigenvalue weighted by Gasteiger charge is 2.62. The second-order valence-electron chi connectivity index (χ2n) is 18.2. The summed E-state index contributed by atoms with van der Waals surface area (Å²) in [4.78, 5) is 32.7. The van der Waals surface area contributed by atoms with Crippen LogP contribution in [0.4, 0.5) is 4.79 Å². The number of esters is 1. The third kappa shape index (κ3) is 7.13. The van der Waals surface area contributed by atoms with Crippen LogP contribution < -0.4 is 38.5 Å². The Morgan fingerprint density at radius 1 is 0.985 bits per heavy atom. The Balaban J connectivity index is 1.27. The Morgan fingerprint density at radius 3 is 2.42 bits per heavy atom. The van der Waals surface area contributed by atoms with E-state index < -0.39 is 46.6 Å². The summed E-state index contributed by atoms with van der Waals surface area (Å²) >= 11 is 1.59. The van der Waals surface area contributed by atoms with Crippen molar-refractivity contribution in [2.75, 3.05) is 60.2 Å². The van der Waals surface area contributed by atoms with Gasteiger partial charge in [-0.25, -0.2) is 9.59 Å². The second-order valence-corrected chi connectivity index (χ2v) is 19.4. The minimum Gasteiger partial charge on any atom is -0.493 e. The van der Waals surface area contributed by atoms with Crippen LogP contribution in [0.5, 0.6) is 40.2 Å². The number of fused-ring (bicyclic) bond motifs is 9. The van der Waals surface area contributed by atoms with E-state index in [1.165, 1.54) is 7.11 Å². The average molecular weight is 909 g/mol. The van der Waals surface area contributed by atoms with Gasteiger partial charge in [-0.05, 0) is 88.9 Å². The molecule has 3 aromatic rings. The first-order chi connectivity index (χ1) is 31.2. The molecule has 1 unspecified atom stereocenters. The van der Waals surface area contributed by atoms with E-state index in [1.54, 1.807) is 63.9 Å². The minimum absolute atomic E-state index is 0.00125. The Bertz CT molecular complexity index is 2520. The van der Waals surface area contributed by atoms with E-state index in [0.717, 1.165) is 38.9 Å². The highest BCUT2D eigenvalue weighted by Crippen LogP contribution is 2.65. The van der Waals surface area contributed by atoms with Crippen molar-refractivity contribution in [1.29, 1.82) is 5.26 Å². The number of methoxy groups -OCH3 is 2. The molecule has 0 aromatic heterocycles. The smallest absolute Gasteiger partial charge is 0.493 e. The van der Waals surface area contributed by atoms with Crippen molar-refractivity contribution in [3.63, 3.8) is 0 Å². The molecule has 0 aliphatic carbocycles. The lowest BCUT2D eigenvalue weighted by Crippen LogP contribution is -2.69. The van der Waals surface area contributed by atoms with Crippen molar-refractivity contribution in [2.45, 2.75) is 94.1 Å². The number of ether oxygens (including phenoxy) is 9. The molecule has 7 atom stereocenters. The highest BCUT2D eigenvalue weighted by molar-refractivity contribution is 7.99. The SMILES string of the molecule is C=CCOc1c(C)c2c(c3c1[C@H]1SC[C@]4(NCCc5cc(OC(=O)OC(C)(C)C)c(OC)cc54)C(=O)OC[C@@H]3N3C1[C@H]1c4c(cc(C)c(OC)c4OCC=C)C[C@H]([C@@H]3C#N)N1C)OCO2. The highest BCUT2D eigenvalue weighted by atomic mass is 32.2. The van der Waals surface area contributed by atoms with Gasteiger partial charge >= 0.3 is 12.1 Å². The lowest BCUT2D eigenvalue weighted by atomic mass is 9.71. The molecule has 2 fully saturated rings. The molecule has 1 spiro atoms. The van der Waals surface area contributed by atoms with Gasteiger partial charge in [0.25, 0.3) is 0 Å². The summed E-state index contributed by atoms with van der Waals surface area (Å²) < 4.78 is 55.6. The van der Waals surface area contributed by atoms with Crippen molar-refractivity contribution >= 4 is 23.9 Å². The van der Waals surface area contributed by atoms with Gasteiger partial charge in [0, 0.05) is 46.6 Å². The van der Waals surface area contributed by atoms with Crippen molar-refractivity contribution in [3.05, 3.63) is 88.0 Å². The lowest BCUT2D eigenvalue weighted by molar-refractivity contribution is -0.157. The number of hydrogen-bond acceptors (Lipinski definition) is 16. The summed E-state index contributed by atoms with van der Waals surface area (Å²) in [6, 6.07) is 6.08. The molecule has 3 aromatic carbocycles. The van der Waals surface area contributed by atoms with Gasteiger partial charge in [-0.3, -0.25) is 15.1 Å². The van der Waals surface area contributed by atoms with Crippen LogP contribution in [-0.4, -0.2) is 106 Å². The summed E-state index contributed by atoms with van der Waals surface area (Å²) in [5.41, 5.74) is 4.70. The van der Waals surface area contributed by atoms with Crippen LogP contribution in [0.2, 0.25) is 0 Å². The molecule has 65 heavy (non-hydrogen) atoms. The number of aryl methyl sites for hydroxylation is 1. The van der Waals surface area contributed by atoms with Gasteiger partial charge in [-0.2, -0.15) is 5.26 Å². The Morgan fingerprint density at radius 2 is 1.72 bits per heavy atom. The standard InChI is InChI=1S/C49H56N4O11S/c1-11-15-58-41-26(4)42-44(62-24-61-42)36-32-22-60-46(54)49(29-20-33(56-9)34(19-27(29)13-14-51-49)63-47(55)64-48(5,6)7)23-65-45(37(36)41)39-38-35-28(18-30(52(38)8)31(21-50)53(32)39)17-25(3)40(57-10)43(35)59-16-12-2/h11-12,17,19-20,30-32,38-39,45,51H,1-2,13-16,18,22-24H2,3-10H3/t30-,31+,32+,38-,39?,45-,49-/m1/s1. The number of thioether (sulfide) groups is 1. The molecular formula is C49H56N4O11S. The Kier molecular flexibility index (Phi) is 11.7. The van der Waals surface area contributed by atoms with Crippen LogP contribution in [0.1, 0.15) is 82.6 Å². The largest absolute Gasteiger partial charge is 0.514 e. The van der Waals surface area contributed by atoms with E-state index in [1.807, 2.05) is 13.8 Å². The Labute approximate surface area is 383 Å². The van der Waals surface area contributed by atoms with Crippen LogP contribution in [0, 0.1) is 25.2 Å². The number of carbonyl (C=O) groups is 2. The molecular weight excluding hydrogens is 853 g/mol. The van der Waals surface area contributed by atoms with Crippen LogP contribution in [-0.2, 0) is 32.6 Å². The van der Waals surface area contributed by atoms with E-state index in [9.17, 15) is 10.1 Å². The average Bonchev–Trinajstić information content (AvgIpc) is 3.76. The number of nitrogens with zero attached hydrogens (tertiary/aromatic N) is 3. The molecule has 0 amide bonds. The summed E-state index contributed by atoms with van der Waals surface area (Å²) in [5, 5.41) is 14.5. The van der Waals surface area contributed by atoms with Gasteiger partial charge in [0.2, 0.25) is 6.79 Å². The van der Waals surface area contributed by atoms with Crippen molar-refractivity contribution in [3.8, 4) is 46.3 Å². The number of piperazine rings is 1. The third-order valence-corrected chi connectivity index (χ3v) is 14.9. The first kappa shape index (κ1) is 44.6. The summed E-state index contributed by atoms with van der Waals surface area (Å²) in [6.07, 6.45) is 3.66. The lowest BCUT2D eigenvalue weighted by Gasteiger charge is -2.62. The molecule has 7 heterocycles. The van der Waals surface area contributed by atoms with Gasteiger partial charge < -0.3 is 42.6 Å². The van der Waals surface area contributed by atoms with Gasteiger partial charge in [0.05, 0.1) is 37.6 Å². The van der Waals surface area contributed by atoms with E-state index in [0.29, 0.717) is 53.7 Å². The fourth-order valence-electron chi connectivity index (χ4n) is 10.9. The van der Waals surface area contributed by atoms with Crippen molar-refractivity contribution in [2.24, 2.45) is 0 Å². The maximum Gasteiger partial charge on any atom is 0.514 e. The zero-order valence-electron chi connectivity index (χ0n) is 38.2. The number of carbonyl (C=O) groups excluding carboxylic acids is 2. The molecule has 0 saturated carbocycles. The van der Waals surface area contributed by atoms with Gasteiger partial charge in [0.1, 0.15) is 37.2 Å². The van der Waals surface area contributed by atoms with Crippen LogP contribution >= 0.6 is 11.8 Å². The number of benzene rings is 3. The van der Waals surface area contributed by atoms with E-state index in [4.69, 9.17) is 42.6 Å². The summed E-state index contributed by atoms with van der Waals surface area (Å²) in [7, 11) is 5.23. The fourth-order valence-corrected chi connectivity index (χ4v) is 12.6. The first-order valence-corrected chi connectivity index (χ1v) is 22.9. The third-order valence-electron chi connectivity index (χ3n) is 13.4. The number of nitriles is 1. The molecule has 16 heteroatoms. The topological polar surface area (TPSA) is 160 Å². The molecule has 10 rings (SSSR count). The quantitative estimate of drug-likeness (QED) is 0.132. The van der Waals surface area contributed by atoms with Gasteiger partial charge in [-0.1, -0.05) is 31.4 Å². The van der Waals surface area contributed by atoms with Gasteiger partial charge in [-0.15, -0.1) is 11.8 Å². The molecule has 2 saturated heterocycles. The van der Waals surface area contributed by atoms with E-state index in [-0.39, 0.29) is 55.9 Å². The molecule has 344 valence electrons. The zero-order valence-corrected chi connectivity index (χ0v) is 39.0. The molecule has 0 radical (unpaired) electrons. The maximum absolute atomic E-state index is 15.2. The number of hydrogen-bond donors (Lipinski definition) is 1. The predicted molar refractivity (Wildman–Crippen MR) is 242 cm³/mol. The minimum atomic E-state index is -1.38. The molecule has 1 N–H and O–H groups in total. The molecule has 4 bridgehead atoms. The predicted octanol–water partition coefficient (Wildman–Crippen LogP) is 7.09. The fraction of sp³-hybridized carbons (Fsp3) is 0.490. The van der Waals surface area contributed by atoms with Gasteiger partial charge in [0.15, 0.2) is 40.0 Å². The van der Waals surface area contributed by atoms with Crippen LogP contribution in [0.25, 0.3) is 0 Å². The summed E-state index contributed by atoms with van der Waals surface area (Å²) in [6.45, 7) is 18.0. The number of nitrogens with one attached hydrogen (secondary N) is 1. The van der Waals surface area contributed by atoms with Crippen LogP contribution in [0.3, 0.4) is 0 Å². The van der Waals surface area contributed by atoms with Crippen molar-refractivity contribution in [1.82, 2.24) is 15.1 Å². The van der Waals surface area contributed by atoms with Crippen molar-refractivity contribution < 1.29 is 52.2 Å². The summed E-state index contributed by atoms with van der Waals surface area (Å²) in [5.74, 6) is 3.14. The molecule has 7 aliphatic rings. The maximum atomic E-state index is 15.2. The normalized spacial score (nSPS) is 26.3. The van der Waals surface area contributed by atoms with E-state index in [2.05, 4.69) is 47.5 Å². The molecule has 15 nitrogen and oxygen atoms in total. The Hall–Kier alpha value is -5.60. The zero-order chi connectivity index (χ0) is 46.1. The first-order valence-electron chi connectivity index (χ1n) is 21.9. The second kappa shape index (κ2) is 17.0. The monoisotopic (exact) mass is 908 g/mol.